The molecule has 0 amide bonds. The highest BCUT2D eigenvalue weighted by Gasteiger charge is 2.33. The average molecular weight is 493 g/mol. The van der Waals surface area contributed by atoms with Crippen LogP contribution in [0, 0.1) is 17.8 Å². The van der Waals surface area contributed by atoms with E-state index in [1.807, 2.05) is 0 Å². The molecular weight excluding hydrogens is 463 g/mol. The fourth-order valence-corrected chi connectivity index (χ4v) is 4.67. The first-order valence-electron chi connectivity index (χ1n) is 11.3. The second-order valence-corrected chi connectivity index (χ2v) is 9.79. The first-order chi connectivity index (χ1) is 15.7. The first-order valence-corrected chi connectivity index (χ1v) is 12.0. The number of ether oxygens (including phenoxy) is 3. The molecule has 0 bridgehead atoms. The van der Waals surface area contributed by atoms with Gasteiger partial charge >= 0.3 is 11.9 Å². The summed E-state index contributed by atoms with van der Waals surface area (Å²) in [4.78, 5) is 25.1. The van der Waals surface area contributed by atoms with E-state index in [1.54, 1.807) is 42.5 Å². The fraction of sp³-hybridized carbons (Fsp3) is 0.462. The maximum Gasteiger partial charge on any atom is 0.344 e. The summed E-state index contributed by atoms with van der Waals surface area (Å²) < 4.78 is 16.8. The van der Waals surface area contributed by atoms with Gasteiger partial charge in [0.25, 0.3) is 0 Å². The predicted octanol–water partition coefficient (Wildman–Crippen LogP) is 6.73. The molecule has 178 valence electrons. The molecule has 7 heteroatoms. The van der Waals surface area contributed by atoms with Crippen molar-refractivity contribution in [3.8, 4) is 5.75 Å². The summed E-state index contributed by atoms with van der Waals surface area (Å²) in [6, 6.07) is 11.8. The smallest absolute Gasteiger partial charge is 0.344 e. The zero-order chi connectivity index (χ0) is 24.0. The van der Waals surface area contributed by atoms with Crippen molar-refractivity contribution in [2.24, 2.45) is 17.8 Å². The van der Waals surface area contributed by atoms with Crippen molar-refractivity contribution in [1.29, 1.82) is 0 Å². The summed E-state index contributed by atoms with van der Waals surface area (Å²) in [5, 5.41) is 1.00. The molecule has 0 radical (unpaired) electrons. The van der Waals surface area contributed by atoms with Gasteiger partial charge in [0.1, 0.15) is 24.0 Å². The number of benzene rings is 2. The van der Waals surface area contributed by atoms with Crippen molar-refractivity contribution in [3.63, 3.8) is 0 Å². The molecule has 1 aliphatic carbocycles. The minimum atomic E-state index is -0.651. The number of hydrogen-bond acceptors (Lipinski definition) is 5. The molecule has 1 saturated carbocycles. The highest BCUT2D eigenvalue weighted by Crippen LogP contribution is 2.35. The van der Waals surface area contributed by atoms with Gasteiger partial charge in [-0.2, -0.15) is 0 Å². The lowest BCUT2D eigenvalue weighted by Crippen LogP contribution is -2.36. The summed E-state index contributed by atoms with van der Waals surface area (Å²) in [6.07, 6.45) is 2.88. The Morgan fingerprint density at radius 3 is 2.58 bits per heavy atom. The fourth-order valence-electron chi connectivity index (χ4n) is 4.21. The van der Waals surface area contributed by atoms with E-state index < -0.39 is 18.5 Å². The highest BCUT2D eigenvalue weighted by molar-refractivity contribution is 6.35. The van der Waals surface area contributed by atoms with Crippen LogP contribution in [0.5, 0.6) is 5.75 Å². The Morgan fingerprint density at radius 2 is 1.85 bits per heavy atom. The van der Waals surface area contributed by atoms with E-state index in [0.29, 0.717) is 33.5 Å². The number of para-hydroxylation sites is 1. The molecule has 2 aromatic rings. The normalized spacial score (nSPS) is 20.4. The summed E-state index contributed by atoms with van der Waals surface area (Å²) in [5.74, 6) is 0.425. The van der Waals surface area contributed by atoms with Crippen LogP contribution in [0.4, 0.5) is 0 Å². The Hall–Kier alpha value is -2.24. The van der Waals surface area contributed by atoms with E-state index in [2.05, 4.69) is 20.8 Å². The van der Waals surface area contributed by atoms with Crippen LogP contribution in [0.2, 0.25) is 10.0 Å². The molecule has 0 N–H and O–H groups in total. The lowest BCUT2D eigenvalue weighted by molar-refractivity contribution is -0.159. The molecule has 5 nitrogen and oxygen atoms in total. The molecule has 1 fully saturated rings. The molecule has 3 rings (SSSR count). The molecule has 1 aliphatic rings. The second kappa shape index (κ2) is 11.8. The predicted molar refractivity (Wildman–Crippen MR) is 129 cm³/mol. The monoisotopic (exact) mass is 492 g/mol. The lowest BCUT2D eigenvalue weighted by atomic mass is 9.75. The molecule has 0 heterocycles. The molecule has 33 heavy (non-hydrogen) atoms. The van der Waals surface area contributed by atoms with Crippen molar-refractivity contribution in [3.05, 3.63) is 63.6 Å². The molecule has 0 saturated heterocycles. The average Bonchev–Trinajstić information content (AvgIpc) is 2.77. The summed E-state index contributed by atoms with van der Waals surface area (Å²) in [7, 11) is 0. The first kappa shape index (κ1) is 25.4. The van der Waals surface area contributed by atoms with Gasteiger partial charge in [0.15, 0.2) is 6.61 Å². The van der Waals surface area contributed by atoms with Gasteiger partial charge in [-0.05, 0) is 54.9 Å². The van der Waals surface area contributed by atoms with E-state index in [1.165, 1.54) is 0 Å². The number of esters is 2. The van der Waals surface area contributed by atoms with Crippen LogP contribution in [-0.2, 0) is 20.9 Å². The summed E-state index contributed by atoms with van der Waals surface area (Å²) in [6.45, 7) is 6.18. The van der Waals surface area contributed by atoms with Crippen LogP contribution in [0.1, 0.15) is 56.0 Å². The quantitative estimate of drug-likeness (QED) is 0.382. The largest absolute Gasteiger partial charge is 0.488 e. The number of carbonyl (C=O) groups excluding carboxylic acids is 2. The zero-order valence-corrected chi connectivity index (χ0v) is 20.7. The molecule has 2 aromatic carbocycles. The van der Waals surface area contributed by atoms with Gasteiger partial charge < -0.3 is 14.2 Å². The minimum absolute atomic E-state index is 0.139. The van der Waals surface area contributed by atoms with Gasteiger partial charge in [0.2, 0.25) is 0 Å². The molecular formula is C26H30Cl2O5. The Morgan fingerprint density at radius 1 is 1.09 bits per heavy atom. The van der Waals surface area contributed by atoms with E-state index in [0.717, 1.165) is 24.8 Å². The molecule has 0 aromatic heterocycles. The van der Waals surface area contributed by atoms with Crippen molar-refractivity contribution in [2.75, 3.05) is 6.61 Å². The third-order valence-electron chi connectivity index (χ3n) is 6.07. The summed E-state index contributed by atoms with van der Waals surface area (Å²) >= 11 is 12.1. The summed E-state index contributed by atoms with van der Waals surface area (Å²) in [5.41, 5.74) is 0.955. The van der Waals surface area contributed by atoms with Gasteiger partial charge in [-0.25, -0.2) is 9.59 Å². The van der Waals surface area contributed by atoms with Crippen LogP contribution in [0.25, 0.3) is 0 Å². The Kier molecular flexibility index (Phi) is 9.04. The third-order valence-corrected chi connectivity index (χ3v) is 6.66. The Labute approximate surface area is 205 Å². The van der Waals surface area contributed by atoms with Gasteiger partial charge in [0.05, 0.1) is 0 Å². The number of hydrogen-bond donors (Lipinski definition) is 0. The highest BCUT2D eigenvalue weighted by atomic mass is 35.5. The Balaban J connectivity index is 1.57. The maximum atomic E-state index is 12.7. The third kappa shape index (κ3) is 7.12. The van der Waals surface area contributed by atoms with Gasteiger partial charge in [-0.15, -0.1) is 0 Å². The topological polar surface area (TPSA) is 61.8 Å². The number of carbonyl (C=O) groups is 2. The SMILES string of the molecule is CC(C)[C@@H]1CC[C@@H](C)C[C@H]1OC(=O)COC(=O)c1ccccc1OCc1ccc(Cl)cc1Cl. The van der Waals surface area contributed by atoms with Crippen LogP contribution < -0.4 is 4.74 Å². The molecule has 0 unspecified atom stereocenters. The van der Waals surface area contributed by atoms with Crippen molar-refractivity contribution in [1.82, 2.24) is 0 Å². The van der Waals surface area contributed by atoms with Crippen molar-refractivity contribution in [2.45, 2.75) is 52.7 Å². The van der Waals surface area contributed by atoms with Crippen LogP contribution in [0.15, 0.2) is 42.5 Å². The van der Waals surface area contributed by atoms with Crippen molar-refractivity contribution < 1.29 is 23.8 Å². The lowest BCUT2D eigenvalue weighted by Gasteiger charge is -2.36. The van der Waals surface area contributed by atoms with E-state index in [4.69, 9.17) is 37.4 Å². The van der Waals surface area contributed by atoms with E-state index in [9.17, 15) is 9.59 Å². The van der Waals surface area contributed by atoms with Crippen LogP contribution in [-0.4, -0.2) is 24.6 Å². The van der Waals surface area contributed by atoms with E-state index >= 15 is 0 Å². The number of halogens is 2. The zero-order valence-electron chi connectivity index (χ0n) is 19.2. The minimum Gasteiger partial charge on any atom is -0.488 e. The maximum absolute atomic E-state index is 12.7. The number of rotatable bonds is 8. The molecule has 0 spiro atoms. The Bertz CT molecular complexity index is 975. The molecule has 3 atom stereocenters. The van der Waals surface area contributed by atoms with Crippen molar-refractivity contribution >= 4 is 35.1 Å². The second-order valence-electron chi connectivity index (χ2n) is 8.95. The van der Waals surface area contributed by atoms with Gasteiger partial charge in [0, 0.05) is 15.6 Å². The molecule has 0 aliphatic heterocycles. The van der Waals surface area contributed by atoms with Crippen LogP contribution in [0.3, 0.4) is 0 Å². The van der Waals surface area contributed by atoms with Gasteiger partial charge in [-0.3, -0.25) is 0 Å². The van der Waals surface area contributed by atoms with Gasteiger partial charge in [-0.1, -0.05) is 68.6 Å². The standard InChI is InChI=1S/C26H30Cl2O5/c1-16(2)20-11-8-17(3)12-24(20)33-25(29)15-32-26(30)21-6-4-5-7-23(21)31-14-18-9-10-19(27)13-22(18)28/h4-7,9-10,13,16-17,20,24H,8,11-12,14-15H2,1-3H3/t17-,20+,24-/m1/s1. The van der Waals surface area contributed by atoms with E-state index in [-0.39, 0.29) is 18.3 Å². The van der Waals surface area contributed by atoms with Crippen LogP contribution >= 0.6 is 23.2 Å².